The second-order valence-corrected chi connectivity index (χ2v) is 5.88. The number of aryl methyl sites for hydroxylation is 1. The maximum atomic E-state index is 13.0. The molecule has 0 saturated carbocycles. The molecule has 23 heavy (non-hydrogen) atoms. The number of para-hydroxylation sites is 1. The van der Waals surface area contributed by atoms with Crippen molar-refractivity contribution in [2.24, 2.45) is 0 Å². The molecule has 1 aromatic heterocycles. The Kier molecular flexibility index (Phi) is 3.30. The molecule has 2 heterocycles. The molecule has 0 radical (unpaired) electrons. The highest BCUT2D eigenvalue weighted by atomic mass is 16.2. The van der Waals surface area contributed by atoms with Crippen molar-refractivity contribution in [3.63, 3.8) is 0 Å². The number of hydrogen-bond acceptors (Lipinski definition) is 3. The van der Waals surface area contributed by atoms with E-state index in [9.17, 15) is 4.79 Å². The number of nitrogens with zero attached hydrogens (tertiary/aromatic N) is 3. The van der Waals surface area contributed by atoms with E-state index in [-0.39, 0.29) is 5.91 Å². The first-order valence-electron chi connectivity index (χ1n) is 7.82. The Balaban J connectivity index is 1.73. The highest BCUT2D eigenvalue weighted by Crippen LogP contribution is 2.22. The fourth-order valence-electron chi connectivity index (χ4n) is 3.17. The molecule has 0 N–H and O–H groups in total. The summed E-state index contributed by atoms with van der Waals surface area (Å²) in [5, 5.41) is 0.821. The van der Waals surface area contributed by atoms with Gasteiger partial charge >= 0.3 is 0 Å². The predicted molar refractivity (Wildman–Crippen MR) is 89.2 cm³/mol. The summed E-state index contributed by atoms with van der Waals surface area (Å²) in [6, 6.07) is 16.0. The molecule has 0 unspecified atom stereocenters. The summed E-state index contributed by atoms with van der Waals surface area (Å²) in [6.45, 7) is 3.20. The maximum Gasteiger partial charge on any atom is 0.273 e. The molecule has 1 aliphatic rings. The first-order chi connectivity index (χ1) is 11.2. The van der Waals surface area contributed by atoms with Crippen LogP contribution in [-0.4, -0.2) is 27.3 Å². The fourth-order valence-corrected chi connectivity index (χ4v) is 3.17. The Bertz CT molecular complexity index is 904. The number of benzene rings is 2. The zero-order valence-electron chi connectivity index (χ0n) is 13.0. The lowest BCUT2D eigenvalue weighted by Gasteiger charge is -2.28. The van der Waals surface area contributed by atoms with E-state index in [4.69, 9.17) is 0 Å². The fraction of sp³-hybridized carbons (Fsp3) is 0.211. The van der Waals surface area contributed by atoms with Crippen molar-refractivity contribution in [3.05, 3.63) is 71.2 Å². The van der Waals surface area contributed by atoms with Crippen molar-refractivity contribution in [1.29, 1.82) is 0 Å². The standard InChI is InChI=1S/C19H17N3O/c1-13-20-17-9-5-4-8-16(17)18(21-13)19(23)22-11-10-14-6-2-3-7-15(14)12-22/h2-9H,10-12H2,1H3. The van der Waals surface area contributed by atoms with Gasteiger partial charge in [-0.15, -0.1) is 0 Å². The van der Waals surface area contributed by atoms with Gasteiger partial charge in [-0.1, -0.05) is 42.5 Å². The number of carbonyl (C=O) groups is 1. The van der Waals surface area contributed by atoms with Crippen LogP contribution in [-0.2, 0) is 13.0 Å². The minimum absolute atomic E-state index is 0.0128. The second kappa shape index (κ2) is 5.47. The van der Waals surface area contributed by atoms with Gasteiger partial charge in [0.25, 0.3) is 5.91 Å². The van der Waals surface area contributed by atoms with Crippen molar-refractivity contribution >= 4 is 16.8 Å². The van der Waals surface area contributed by atoms with Crippen LogP contribution in [0.1, 0.15) is 27.4 Å². The molecule has 0 aliphatic carbocycles. The van der Waals surface area contributed by atoms with E-state index >= 15 is 0 Å². The third kappa shape index (κ3) is 2.46. The van der Waals surface area contributed by atoms with Gasteiger partial charge in [-0.05, 0) is 30.5 Å². The SMILES string of the molecule is Cc1nc(C(=O)N2CCc3ccccc3C2)c2ccccc2n1. The molecule has 2 aromatic carbocycles. The number of hydrogen-bond donors (Lipinski definition) is 0. The van der Waals surface area contributed by atoms with Crippen molar-refractivity contribution in [2.45, 2.75) is 19.9 Å². The summed E-state index contributed by atoms with van der Waals surface area (Å²) >= 11 is 0. The van der Waals surface area contributed by atoms with Crippen molar-refractivity contribution in [2.75, 3.05) is 6.54 Å². The molecule has 4 heteroatoms. The van der Waals surface area contributed by atoms with Crippen LogP contribution in [0.4, 0.5) is 0 Å². The molecule has 0 saturated heterocycles. The van der Waals surface area contributed by atoms with Gasteiger partial charge < -0.3 is 4.90 Å². The summed E-state index contributed by atoms with van der Waals surface area (Å²) < 4.78 is 0. The van der Waals surface area contributed by atoms with Crippen LogP contribution in [0, 0.1) is 6.92 Å². The molecule has 114 valence electrons. The van der Waals surface area contributed by atoms with Crippen LogP contribution < -0.4 is 0 Å². The van der Waals surface area contributed by atoms with Gasteiger partial charge in [-0.3, -0.25) is 4.79 Å². The lowest BCUT2D eigenvalue weighted by atomic mass is 9.99. The van der Waals surface area contributed by atoms with Crippen LogP contribution in [0.25, 0.3) is 10.9 Å². The number of aromatic nitrogens is 2. The molecule has 1 amide bonds. The van der Waals surface area contributed by atoms with Gasteiger partial charge in [0.15, 0.2) is 0 Å². The average molecular weight is 303 g/mol. The van der Waals surface area contributed by atoms with Gasteiger partial charge in [-0.2, -0.15) is 0 Å². The van der Waals surface area contributed by atoms with Gasteiger partial charge in [0.05, 0.1) is 5.52 Å². The van der Waals surface area contributed by atoms with Crippen LogP contribution in [0.15, 0.2) is 48.5 Å². The van der Waals surface area contributed by atoms with Crippen LogP contribution in [0.3, 0.4) is 0 Å². The first kappa shape index (κ1) is 13.9. The third-order valence-corrected chi connectivity index (χ3v) is 4.34. The largest absolute Gasteiger partial charge is 0.333 e. The highest BCUT2D eigenvalue weighted by Gasteiger charge is 2.24. The summed E-state index contributed by atoms with van der Waals surface area (Å²) in [5.41, 5.74) is 3.88. The van der Waals surface area contributed by atoms with E-state index in [1.165, 1.54) is 11.1 Å². The monoisotopic (exact) mass is 303 g/mol. The minimum Gasteiger partial charge on any atom is -0.333 e. The minimum atomic E-state index is -0.0128. The van der Waals surface area contributed by atoms with E-state index in [1.54, 1.807) is 0 Å². The average Bonchev–Trinajstić information content (AvgIpc) is 2.60. The van der Waals surface area contributed by atoms with Crippen LogP contribution in [0.2, 0.25) is 0 Å². The zero-order chi connectivity index (χ0) is 15.8. The lowest BCUT2D eigenvalue weighted by molar-refractivity contribution is 0.0730. The Morgan fingerprint density at radius 3 is 2.61 bits per heavy atom. The molecule has 0 spiro atoms. The van der Waals surface area contributed by atoms with Crippen molar-refractivity contribution in [1.82, 2.24) is 14.9 Å². The zero-order valence-corrected chi connectivity index (χ0v) is 13.0. The first-order valence-corrected chi connectivity index (χ1v) is 7.82. The molecule has 0 bridgehead atoms. The molecule has 0 fully saturated rings. The quantitative estimate of drug-likeness (QED) is 0.694. The van der Waals surface area contributed by atoms with Crippen LogP contribution >= 0.6 is 0 Å². The van der Waals surface area contributed by atoms with Crippen molar-refractivity contribution in [3.8, 4) is 0 Å². The number of amides is 1. The summed E-state index contributed by atoms with van der Waals surface area (Å²) in [5.74, 6) is 0.616. The van der Waals surface area contributed by atoms with Gasteiger partial charge in [0, 0.05) is 18.5 Å². The summed E-state index contributed by atoms with van der Waals surface area (Å²) in [4.78, 5) is 23.7. The molecule has 4 rings (SSSR count). The molecule has 1 aliphatic heterocycles. The van der Waals surface area contributed by atoms with Gasteiger partial charge in [0.2, 0.25) is 0 Å². The van der Waals surface area contributed by atoms with E-state index in [1.807, 2.05) is 42.2 Å². The van der Waals surface area contributed by atoms with Gasteiger partial charge in [-0.25, -0.2) is 9.97 Å². The van der Waals surface area contributed by atoms with Gasteiger partial charge in [0.1, 0.15) is 11.5 Å². The summed E-state index contributed by atoms with van der Waals surface area (Å²) in [7, 11) is 0. The number of carbonyl (C=O) groups excluding carboxylic acids is 1. The van der Waals surface area contributed by atoms with Crippen LogP contribution in [0.5, 0.6) is 0 Å². The molecule has 4 nitrogen and oxygen atoms in total. The number of fused-ring (bicyclic) bond motifs is 2. The Morgan fingerprint density at radius 1 is 1.00 bits per heavy atom. The van der Waals surface area contributed by atoms with E-state index in [0.717, 1.165) is 23.9 Å². The topological polar surface area (TPSA) is 46.1 Å². The number of rotatable bonds is 1. The maximum absolute atomic E-state index is 13.0. The lowest BCUT2D eigenvalue weighted by Crippen LogP contribution is -2.36. The predicted octanol–water partition coefficient (Wildman–Crippen LogP) is 3.14. The van der Waals surface area contributed by atoms with E-state index in [2.05, 4.69) is 28.2 Å². The normalized spacial score (nSPS) is 13.9. The highest BCUT2D eigenvalue weighted by molar-refractivity contribution is 6.04. The van der Waals surface area contributed by atoms with Crippen molar-refractivity contribution < 1.29 is 4.79 Å². The molecule has 3 aromatic rings. The molecular formula is C19H17N3O. The van der Waals surface area contributed by atoms with E-state index < -0.39 is 0 Å². The molecule has 0 atom stereocenters. The Hall–Kier alpha value is -2.75. The third-order valence-electron chi connectivity index (χ3n) is 4.34. The van der Waals surface area contributed by atoms with E-state index in [0.29, 0.717) is 18.1 Å². The Labute approximate surface area is 134 Å². The summed E-state index contributed by atoms with van der Waals surface area (Å²) in [6.07, 6.45) is 0.893. The Morgan fingerprint density at radius 2 is 1.74 bits per heavy atom. The smallest absolute Gasteiger partial charge is 0.273 e. The molecular weight excluding hydrogens is 286 g/mol. The second-order valence-electron chi connectivity index (χ2n) is 5.88.